The number of anilines is 1. The Morgan fingerprint density at radius 2 is 1.78 bits per heavy atom. The van der Waals surface area contributed by atoms with E-state index in [0.717, 1.165) is 17.0 Å². The predicted octanol–water partition coefficient (Wildman–Crippen LogP) is 3.53. The fourth-order valence-electron chi connectivity index (χ4n) is 1.99. The highest BCUT2D eigenvalue weighted by atomic mass is 32.2. The summed E-state index contributed by atoms with van der Waals surface area (Å²) in [4.78, 5) is 21.3. The van der Waals surface area contributed by atoms with Gasteiger partial charge in [-0.2, -0.15) is 0 Å². The molecule has 1 amide bonds. The van der Waals surface area contributed by atoms with Crippen LogP contribution in [0.25, 0.3) is 0 Å². The number of hydrogen-bond acceptors (Lipinski definition) is 5. The second-order valence-corrected chi connectivity index (χ2v) is 6.56. The zero-order valence-corrected chi connectivity index (χ0v) is 14.8. The van der Waals surface area contributed by atoms with Gasteiger partial charge in [-0.05, 0) is 45.4 Å². The largest absolute Gasteiger partial charge is 0.495 e. The van der Waals surface area contributed by atoms with Gasteiger partial charge in [-0.1, -0.05) is 23.9 Å². The molecule has 1 aromatic heterocycles. The van der Waals surface area contributed by atoms with Crippen molar-refractivity contribution in [1.82, 2.24) is 9.97 Å². The maximum Gasteiger partial charge on any atom is 0.237 e. The summed E-state index contributed by atoms with van der Waals surface area (Å²) in [6.45, 7) is 7.74. The molecule has 1 aromatic carbocycles. The summed E-state index contributed by atoms with van der Waals surface area (Å²) in [5, 5.41) is 3.18. The van der Waals surface area contributed by atoms with E-state index in [-0.39, 0.29) is 11.2 Å². The smallest absolute Gasteiger partial charge is 0.237 e. The highest BCUT2D eigenvalue weighted by molar-refractivity contribution is 8.00. The molecule has 2 aromatic rings. The van der Waals surface area contributed by atoms with Gasteiger partial charge in [0.15, 0.2) is 5.16 Å². The zero-order chi connectivity index (χ0) is 17.0. The standard InChI is InChI=1S/C17H21N3O2S/c1-10-11(2)18-17(19-12(10)3)23-13(4)16(21)20-14-8-6-7-9-15(14)22-5/h6-9,13H,1-5H3,(H,20,21)/t13-/m1/s1. The van der Waals surface area contributed by atoms with Crippen molar-refractivity contribution in [1.29, 1.82) is 0 Å². The molecule has 1 N–H and O–H groups in total. The maximum absolute atomic E-state index is 12.4. The van der Waals surface area contributed by atoms with Crippen LogP contribution in [0, 0.1) is 20.8 Å². The lowest BCUT2D eigenvalue weighted by Crippen LogP contribution is -2.23. The van der Waals surface area contributed by atoms with Gasteiger partial charge in [-0.25, -0.2) is 9.97 Å². The number of carbonyl (C=O) groups is 1. The summed E-state index contributed by atoms with van der Waals surface area (Å²) in [6.07, 6.45) is 0. The lowest BCUT2D eigenvalue weighted by atomic mass is 10.2. The van der Waals surface area contributed by atoms with Crippen molar-refractivity contribution in [3.8, 4) is 5.75 Å². The molecule has 0 unspecified atom stereocenters. The number of ether oxygens (including phenoxy) is 1. The van der Waals surface area contributed by atoms with E-state index in [0.29, 0.717) is 16.6 Å². The Hall–Kier alpha value is -2.08. The van der Waals surface area contributed by atoms with E-state index < -0.39 is 0 Å². The third-order valence-corrected chi connectivity index (χ3v) is 4.59. The van der Waals surface area contributed by atoms with E-state index in [1.165, 1.54) is 11.8 Å². The van der Waals surface area contributed by atoms with Gasteiger partial charge >= 0.3 is 0 Å². The first-order valence-electron chi connectivity index (χ1n) is 7.34. The fourth-order valence-corrected chi connectivity index (χ4v) is 2.85. The molecule has 0 aliphatic heterocycles. The molecular weight excluding hydrogens is 310 g/mol. The number of aryl methyl sites for hydroxylation is 2. The number of methoxy groups -OCH3 is 1. The fraction of sp³-hybridized carbons (Fsp3) is 0.353. The first-order chi connectivity index (χ1) is 10.9. The van der Waals surface area contributed by atoms with Gasteiger partial charge < -0.3 is 10.1 Å². The number of nitrogens with one attached hydrogen (secondary N) is 1. The van der Waals surface area contributed by atoms with E-state index in [2.05, 4.69) is 15.3 Å². The van der Waals surface area contributed by atoms with Crippen LogP contribution in [0.15, 0.2) is 29.4 Å². The third-order valence-electron chi connectivity index (χ3n) is 3.63. The van der Waals surface area contributed by atoms with Crippen LogP contribution in [0.2, 0.25) is 0 Å². The molecule has 1 atom stereocenters. The highest BCUT2D eigenvalue weighted by Gasteiger charge is 2.18. The van der Waals surface area contributed by atoms with Gasteiger partial charge in [0, 0.05) is 11.4 Å². The zero-order valence-electron chi connectivity index (χ0n) is 14.0. The number of carbonyl (C=O) groups excluding carboxylic acids is 1. The van der Waals surface area contributed by atoms with Crippen molar-refractivity contribution in [2.75, 3.05) is 12.4 Å². The Morgan fingerprint density at radius 3 is 2.39 bits per heavy atom. The summed E-state index contributed by atoms with van der Waals surface area (Å²) >= 11 is 1.35. The Morgan fingerprint density at radius 1 is 1.17 bits per heavy atom. The van der Waals surface area contributed by atoms with E-state index in [1.54, 1.807) is 7.11 Å². The molecule has 122 valence electrons. The van der Waals surface area contributed by atoms with Crippen molar-refractivity contribution >= 4 is 23.4 Å². The highest BCUT2D eigenvalue weighted by Crippen LogP contribution is 2.26. The van der Waals surface area contributed by atoms with E-state index in [1.807, 2.05) is 52.0 Å². The van der Waals surface area contributed by atoms with Crippen LogP contribution in [0.5, 0.6) is 5.75 Å². The maximum atomic E-state index is 12.4. The first kappa shape index (κ1) is 17.3. The number of nitrogens with zero attached hydrogens (tertiary/aromatic N) is 2. The molecule has 0 spiro atoms. The molecule has 0 bridgehead atoms. The van der Waals surface area contributed by atoms with Crippen molar-refractivity contribution in [2.45, 2.75) is 38.1 Å². The summed E-state index contributed by atoms with van der Waals surface area (Å²) < 4.78 is 5.24. The van der Waals surface area contributed by atoms with Crippen LogP contribution in [0.3, 0.4) is 0 Å². The molecule has 0 fully saturated rings. The SMILES string of the molecule is COc1ccccc1NC(=O)[C@@H](C)Sc1nc(C)c(C)c(C)n1. The Kier molecular flexibility index (Phi) is 5.60. The average molecular weight is 331 g/mol. The third kappa shape index (κ3) is 4.22. The number of hydrogen-bond donors (Lipinski definition) is 1. The van der Waals surface area contributed by atoms with Crippen molar-refractivity contribution in [2.24, 2.45) is 0 Å². The van der Waals surface area contributed by atoms with Gasteiger partial charge in [0.05, 0.1) is 18.0 Å². The van der Waals surface area contributed by atoms with Crippen LogP contribution in [0.1, 0.15) is 23.9 Å². The predicted molar refractivity (Wildman–Crippen MR) is 93.2 cm³/mol. The second-order valence-electron chi connectivity index (χ2n) is 5.25. The minimum absolute atomic E-state index is 0.112. The molecule has 0 aliphatic carbocycles. The average Bonchev–Trinajstić information content (AvgIpc) is 2.53. The van der Waals surface area contributed by atoms with Crippen LogP contribution in [0.4, 0.5) is 5.69 Å². The lowest BCUT2D eigenvalue weighted by Gasteiger charge is -2.14. The van der Waals surface area contributed by atoms with Crippen molar-refractivity contribution in [3.05, 3.63) is 41.2 Å². The molecule has 6 heteroatoms. The topological polar surface area (TPSA) is 64.1 Å². The number of para-hydroxylation sites is 2. The normalized spacial score (nSPS) is 11.9. The van der Waals surface area contributed by atoms with E-state index >= 15 is 0 Å². The Balaban J connectivity index is 2.08. The van der Waals surface area contributed by atoms with Crippen LogP contribution >= 0.6 is 11.8 Å². The van der Waals surface area contributed by atoms with Crippen molar-refractivity contribution in [3.63, 3.8) is 0 Å². The molecule has 23 heavy (non-hydrogen) atoms. The molecular formula is C17H21N3O2S. The van der Waals surface area contributed by atoms with Crippen LogP contribution in [-0.4, -0.2) is 28.2 Å². The minimum Gasteiger partial charge on any atom is -0.495 e. The van der Waals surface area contributed by atoms with Gasteiger partial charge in [0.1, 0.15) is 5.75 Å². The molecule has 0 saturated heterocycles. The van der Waals surface area contributed by atoms with Crippen molar-refractivity contribution < 1.29 is 9.53 Å². The molecule has 0 saturated carbocycles. The summed E-state index contributed by atoms with van der Waals surface area (Å²) in [5.74, 6) is 0.523. The monoisotopic (exact) mass is 331 g/mol. The molecule has 1 heterocycles. The molecule has 0 radical (unpaired) electrons. The number of amides is 1. The first-order valence-corrected chi connectivity index (χ1v) is 8.22. The van der Waals surface area contributed by atoms with E-state index in [4.69, 9.17) is 4.74 Å². The molecule has 5 nitrogen and oxygen atoms in total. The van der Waals surface area contributed by atoms with E-state index in [9.17, 15) is 4.79 Å². The van der Waals surface area contributed by atoms with Gasteiger partial charge in [0.25, 0.3) is 0 Å². The summed E-state index contributed by atoms with van der Waals surface area (Å²) in [7, 11) is 1.58. The number of benzene rings is 1. The number of thioether (sulfide) groups is 1. The van der Waals surface area contributed by atoms with Gasteiger partial charge in [-0.3, -0.25) is 4.79 Å². The molecule has 2 rings (SSSR count). The lowest BCUT2D eigenvalue weighted by molar-refractivity contribution is -0.115. The number of rotatable bonds is 5. The Labute approximate surface area is 140 Å². The quantitative estimate of drug-likeness (QED) is 0.671. The van der Waals surface area contributed by atoms with Crippen LogP contribution < -0.4 is 10.1 Å². The summed E-state index contributed by atoms with van der Waals surface area (Å²) in [6, 6.07) is 7.33. The van der Waals surface area contributed by atoms with Gasteiger partial charge in [0.2, 0.25) is 5.91 Å². The molecule has 0 aliphatic rings. The minimum atomic E-state index is -0.318. The Bertz CT molecular complexity index is 696. The van der Waals surface area contributed by atoms with Crippen LogP contribution in [-0.2, 0) is 4.79 Å². The summed E-state index contributed by atoms with van der Waals surface area (Å²) in [5.41, 5.74) is 3.62. The number of aromatic nitrogens is 2. The second kappa shape index (κ2) is 7.46. The van der Waals surface area contributed by atoms with Gasteiger partial charge in [-0.15, -0.1) is 0 Å².